The van der Waals surface area contributed by atoms with Crippen molar-refractivity contribution in [2.24, 2.45) is 13.0 Å². The predicted molar refractivity (Wildman–Crippen MR) is 144 cm³/mol. The molecule has 7 nitrogen and oxygen atoms in total. The number of aryl methyl sites for hydroxylation is 1. The zero-order valence-electron chi connectivity index (χ0n) is 20.5. The van der Waals surface area contributed by atoms with E-state index in [2.05, 4.69) is 63.3 Å². The molecule has 1 saturated heterocycles. The first-order valence-corrected chi connectivity index (χ1v) is 12.4. The van der Waals surface area contributed by atoms with Crippen molar-refractivity contribution in [2.75, 3.05) is 18.0 Å². The summed E-state index contributed by atoms with van der Waals surface area (Å²) >= 11 is 0. The normalized spacial score (nSPS) is 13.8. The molecule has 5 aromatic rings. The molecule has 1 aromatic carbocycles. The molecule has 0 aliphatic carbocycles. The second-order valence-corrected chi connectivity index (χ2v) is 9.31. The molecule has 1 aliphatic rings. The highest BCUT2D eigenvalue weighted by Gasteiger charge is 2.20. The van der Waals surface area contributed by atoms with E-state index < -0.39 is 0 Å². The molecular formula is C30H25N7. The lowest BCUT2D eigenvalue weighted by Gasteiger charge is -2.30. The first-order chi connectivity index (χ1) is 18.2. The third-order valence-electron chi connectivity index (χ3n) is 6.84. The fourth-order valence-electron chi connectivity index (χ4n) is 4.84. The summed E-state index contributed by atoms with van der Waals surface area (Å²) in [6.07, 6.45) is 11.3. The van der Waals surface area contributed by atoms with Gasteiger partial charge in [0.2, 0.25) is 0 Å². The second kappa shape index (κ2) is 9.64. The molecule has 180 valence electrons. The molecule has 1 fully saturated rings. The Balaban J connectivity index is 1.24. The zero-order chi connectivity index (χ0) is 25.2. The maximum Gasteiger partial charge on any atom is 0.128 e. The summed E-state index contributed by atoms with van der Waals surface area (Å²) in [7, 11) is 1.89. The van der Waals surface area contributed by atoms with Crippen molar-refractivity contribution >= 4 is 11.3 Å². The van der Waals surface area contributed by atoms with E-state index in [-0.39, 0.29) is 0 Å². The van der Waals surface area contributed by atoms with Crippen LogP contribution in [0.3, 0.4) is 0 Å². The van der Waals surface area contributed by atoms with Gasteiger partial charge in [0.1, 0.15) is 11.9 Å². The number of nitrogens with zero attached hydrogens (tertiary/aromatic N) is 7. The Labute approximate surface area is 215 Å². The van der Waals surface area contributed by atoms with Crippen molar-refractivity contribution in [3.05, 3.63) is 90.6 Å². The third-order valence-corrected chi connectivity index (χ3v) is 6.84. The number of hydrogen-bond acceptors (Lipinski definition) is 5. The van der Waals surface area contributed by atoms with Crippen LogP contribution < -0.4 is 4.90 Å². The zero-order valence-corrected chi connectivity index (χ0v) is 20.5. The average Bonchev–Trinajstić information content (AvgIpc) is 3.58. The monoisotopic (exact) mass is 483 g/mol. The van der Waals surface area contributed by atoms with Crippen molar-refractivity contribution < 1.29 is 0 Å². The van der Waals surface area contributed by atoms with Gasteiger partial charge in [0.15, 0.2) is 0 Å². The van der Waals surface area contributed by atoms with E-state index in [9.17, 15) is 5.26 Å². The predicted octanol–water partition coefficient (Wildman–Crippen LogP) is 4.94. The second-order valence-electron chi connectivity index (χ2n) is 9.31. The number of fused-ring (bicyclic) bond motifs is 1. The Morgan fingerprint density at radius 2 is 1.73 bits per heavy atom. The van der Waals surface area contributed by atoms with Crippen LogP contribution in [0, 0.1) is 29.1 Å². The molecular weight excluding hydrogens is 458 g/mol. The molecule has 0 spiro atoms. The van der Waals surface area contributed by atoms with Crippen molar-refractivity contribution in [3.8, 4) is 40.2 Å². The van der Waals surface area contributed by atoms with Crippen LogP contribution in [0.5, 0.6) is 0 Å². The fourth-order valence-corrected chi connectivity index (χ4v) is 4.84. The lowest BCUT2D eigenvalue weighted by atomic mass is 9.97. The molecule has 4 aromatic heterocycles. The first-order valence-electron chi connectivity index (χ1n) is 12.4. The Hall–Kier alpha value is -4.88. The van der Waals surface area contributed by atoms with Gasteiger partial charge in [-0.2, -0.15) is 15.5 Å². The molecule has 6 rings (SSSR count). The van der Waals surface area contributed by atoms with Crippen molar-refractivity contribution in [3.63, 3.8) is 0 Å². The lowest BCUT2D eigenvalue weighted by Crippen LogP contribution is -2.33. The van der Waals surface area contributed by atoms with E-state index in [4.69, 9.17) is 4.98 Å². The minimum atomic E-state index is 0.408. The van der Waals surface area contributed by atoms with Gasteiger partial charge in [-0.25, -0.2) is 9.50 Å². The quantitative estimate of drug-likeness (QED) is 0.340. The summed E-state index contributed by atoms with van der Waals surface area (Å²) in [5.41, 5.74) is 6.22. The summed E-state index contributed by atoms with van der Waals surface area (Å²) in [5.74, 6) is 8.14. The molecule has 0 amide bonds. The molecule has 1 aliphatic heterocycles. The van der Waals surface area contributed by atoms with Crippen LogP contribution in [0.2, 0.25) is 0 Å². The Morgan fingerprint density at radius 1 is 0.892 bits per heavy atom. The van der Waals surface area contributed by atoms with E-state index in [0.717, 1.165) is 65.1 Å². The minimum absolute atomic E-state index is 0.408. The Morgan fingerprint density at radius 3 is 2.43 bits per heavy atom. The highest BCUT2D eigenvalue weighted by atomic mass is 15.2. The summed E-state index contributed by atoms with van der Waals surface area (Å²) < 4.78 is 3.54. The number of anilines is 1. The van der Waals surface area contributed by atoms with Crippen LogP contribution in [-0.4, -0.2) is 37.5 Å². The van der Waals surface area contributed by atoms with Gasteiger partial charge in [0.05, 0.1) is 23.5 Å². The summed E-state index contributed by atoms with van der Waals surface area (Å²) in [6.45, 7) is 1.87. The smallest absolute Gasteiger partial charge is 0.128 e. The van der Waals surface area contributed by atoms with E-state index in [1.54, 1.807) is 15.4 Å². The molecule has 0 bridgehead atoms. The molecule has 7 heteroatoms. The van der Waals surface area contributed by atoms with Gasteiger partial charge in [-0.05, 0) is 43.2 Å². The molecule has 0 unspecified atom stereocenters. The highest BCUT2D eigenvalue weighted by Crippen LogP contribution is 2.32. The number of nitriles is 1. The van der Waals surface area contributed by atoms with Crippen LogP contribution in [0.4, 0.5) is 5.82 Å². The number of piperidine rings is 1. The molecule has 5 heterocycles. The Bertz CT molecular complexity index is 1650. The summed E-state index contributed by atoms with van der Waals surface area (Å²) in [4.78, 5) is 7.14. The lowest BCUT2D eigenvalue weighted by molar-refractivity contribution is 0.489. The number of hydrogen-bond donors (Lipinski definition) is 0. The van der Waals surface area contributed by atoms with Crippen molar-refractivity contribution in [1.29, 1.82) is 5.26 Å². The highest BCUT2D eigenvalue weighted by molar-refractivity contribution is 5.87. The molecule has 37 heavy (non-hydrogen) atoms. The Kier molecular flexibility index (Phi) is 5.88. The minimum Gasteiger partial charge on any atom is -0.357 e. The SMILES string of the molecule is Cn1cc(-c2cc(-c3ccc(N4CCC(C#Cc5ccccc5)CC4)nc3)c3c(C#N)cnn3c2)cn1. The van der Waals surface area contributed by atoms with Gasteiger partial charge in [-0.3, -0.25) is 4.68 Å². The van der Waals surface area contributed by atoms with Gasteiger partial charge in [0, 0.05) is 72.5 Å². The van der Waals surface area contributed by atoms with E-state index in [0.29, 0.717) is 11.5 Å². The molecule has 0 radical (unpaired) electrons. The van der Waals surface area contributed by atoms with Crippen molar-refractivity contribution in [2.45, 2.75) is 12.8 Å². The van der Waals surface area contributed by atoms with Crippen LogP contribution in [0.25, 0.3) is 27.8 Å². The van der Waals surface area contributed by atoms with E-state index >= 15 is 0 Å². The fraction of sp³-hybridized carbons (Fsp3) is 0.200. The summed E-state index contributed by atoms with van der Waals surface area (Å²) in [6, 6.07) is 18.7. The first kappa shape index (κ1) is 22.6. The van der Waals surface area contributed by atoms with E-state index in [1.807, 2.05) is 50.0 Å². The van der Waals surface area contributed by atoms with Crippen LogP contribution in [0.15, 0.2) is 79.5 Å². The van der Waals surface area contributed by atoms with Gasteiger partial charge < -0.3 is 4.90 Å². The van der Waals surface area contributed by atoms with Gasteiger partial charge >= 0.3 is 0 Å². The molecule has 0 atom stereocenters. The topological polar surface area (TPSA) is 75.0 Å². The van der Waals surface area contributed by atoms with Crippen molar-refractivity contribution in [1.82, 2.24) is 24.4 Å². The third kappa shape index (κ3) is 4.55. The van der Waals surface area contributed by atoms with Crippen LogP contribution in [-0.2, 0) is 7.05 Å². The van der Waals surface area contributed by atoms with E-state index in [1.165, 1.54) is 0 Å². The maximum atomic E-state index is 9.68. The number of benzene rings is 1. The molecule has 0 N–H and O–H groups in total. The standard InChI is InChI=1S/C30H25N7/c1-35-20-27(19-33-35)25-15-28(30-26(16-31)18-34-37(30)21-25)24-9-10-29(32-17-24)36-13-11-23(12-14-36)8-7-22-5-3-2-4-6-22/h2-6,9-10,15,17-21,23H,11-14H2,1H3. The van der Waals surface area contributed by atoms with Crippen LogP contribution >= 0.6 is 0 Å². The number of aromatic nitrogens is 5. The van der Waals surface area contributed by atoms with Gasteiger partial charge in [0.25, 0.3) is 0 Å². The average molecular weight is 484 g/mol. The van der Waals surface area contributed by atoms with Crippen LogP contribution in [0.1, 0.15) is 24.0 Å². The number of pyridine rings is 2. The maximum absolute atomic E-state index is 9.68. The largest absolute Gasteiger partial charge is 0.357 e. The molecule has 0 saturated carbocycles. The van der Waals surface area contributed by atoms with Gasteiger partial charge in [-0.15, -0.1) is 0 Å². The summed E-state index contributed by atoms with van der Waals surface area (Å²) in [5, 5.41) is 18.4. The number of rotatable bonds is 3. The van der Waals surface area contributed by atoms with Gasteiger partial charge in [-0.1, -0.05) is 30.0 Å².